The highest BCUT2D eigenvalue weighted by Gasteiger charge is 2.13. The molecule has 0 bridgehead atoms. The van der Waals surface area contributed by atoms with E-state index in [0.717, 1.165) is 23.4 Å². The van der Waals surface area contributed by atoms with Crippen LogP contribution in [0, 0.1) is 11.6 Å². The number of likely N-dealkylation sites (N-methyl/N-ethyl adjacent to an activating group) is 1. The fourth-order valence-corrected chi connectivity index (χ4v) is 2.28. The van der Waals surface area contributed by atoms with Gasteiger partial charge in [0.05, 0.1) is 7.11 Å². The van der Waals surface area contributed by atoms with E-state index < -0.39 is 11.6 Å². The van der Waals surface area contributed by atoms with Crippen molar-refractivity contribution >= 4 is 0 Å². The maximum Gasteiger partial charge on any atom is 0.159 e. The van der Waals surface area contributed by atoms with Crippen LogP contribution in [0.4, 0.5) is 8.78 Å². The van der Waals surface area contributed by atoms with Crippen molar-refractivity contribution in [1.29, 1.82) is 0 Å². The lowest BCUT2D eigenvalue weighted by Crippen LogP contribution is -2.23. The van der Waals surface area contributed by atoms with Crippen molar-refractivity contribution in [3.05, 3.63) is 65.2 Å². The maximum absolute atomic E-state index is 13.4. The fraction of sp³-hybridized carbons (Fsp3) is 0.294. The Morgan fingerprint density at radius 2 is 1.76 bits per heavy atom. The summed E-state index contributed by atoms with van der Waals surface area (Å²) in [7, 11) is 1.62. The van der Waals surface area contributed by atoms with Crippen molar-refractivity contribution in [1.82, 2.24) is 5.32 Å². The number of rotatable bonds is 6. The van der Waals surface area contributed by atoms with Crippen LogP contribution in [0.2, 0.25) is 0 Å². The Hall–Kier alpha value is -1.94. The topological polar surface area (TPSA) is 21.3 Å². The summed E-state index contributed by atoms with van der Waals surface area (Å²) in [5.41, 5.74) is 1.85. The smallest absolute Gasteiger partial charge is 0.159 e. The van der Waals surface area contributed by atoms with Crippen LogP contribution in [0.5, 0.6) is 5.75 Å². The van der Waals surface area contributed by atoms with Gasteiger partial charge >= 0.3 is 0 Å². The molecule has 2 aromatic carbocycles. The molecule has 0 aromatic heterocycles. The zero-order valence-electron chi connectivity index (χ0n) is 12.2. The third kappa shape index (κ3) is 4.02. The Labute approximate surface area is 123 Å². The van der Waals surface area contributed by atoms with Crippen LogP contribution in [0.25, 0.3) is 0 Å². The first kappa shape index (κ1) is 15.4. The minimum absolute atomic E-state index is 0.0569. The predicted octanol–water partition coefficient (Wildman–Crippen LogP) is 3.87. The van der Waals surface area contributed by atoms with Crippen LogP contribution in [0.3, 0.4) is 0 Å². The van der Waals surface area contributed by atoms with Crippen molar-refractivity contribution in [2.75, 3.05) is 13.7 Å². The SMILES string of the molecule is CCNC(Cc1ccc(OC)cc1)c1ccc(F)c(F)c1. The van der Waals surface area contributed by atoms with Crippen LogP contribution < -0.4 is 10.1 Å². The number of halogens is 2. The molecule has 0 aliphatic carbocycles. The molecule has 0 aliphatic rings. The molecule has 0 spiro atoms. The van der Waals surface area contributed by atoms with E-state index in [1.54, 1.807) is 13.2 Å². The van der Waals surface area contributed by atoms with E-state index in [-0.39, 0.29) is 6.04 Å². The second kappa shape index (κ2) is 7.18. The van der Waals surface area contributed by atoms with Gasteiger partial charge in [-0.1, -0.05) is 25.1 Å². The standard InChI is InChI=1S/C17H19F2NO/c1-3-20-17(13-6-9-15(18)16(19)11-13)10-12-4-7-14(21-2)8-5-12/h4-9,11,17,20H,3,10H2,1-2H3. The summed E-state index contributed by atoms with van der Waals surface area (Å²) in [6.07, 6.45) is 0.697. The Kier molecular flexibility index (Phi) is 5.28. The molecule has 1 unspecified atom stereocenters. The Bertz CT molecular complexity index is 584. The molecule has 0 fully saturated rings. The first-order chi connectivity index (χ1) is 10.1. The summed E-state index contributed by atoms with van der Waals surface area (Å²) in [4.78, 5) is 0. The van der Waals surface area contributed by atoms with E-state index in [1.807, 2.05) is 31.2 Å². The third-order valence-corrected chi connectivity index (χ3v) is 3.40. The van der Waals surface area contributed by atoms with Crippen molar-refractivity contribution in [3.63, 3.8) is 0 Å². The molecule has 0 amide bonds. The number of methoxy groups -OCH3 is 1. The van der Waals surface area contributed by atoms with Gasteiger partial charge in [-0.05, 0) is 48.4 Å². The normalized spacial score (nSPS) is 12.2. The molecule has 4 heteroatoms. The molecule has 2 nitrogen and oxygen atoms in total. The van der Waals surface area contributed by atoms with Crippen molar-refractivity contribution in [2.45, 2.75) is 19.4 Å². The molecule has 0 aliphatic heterocycles. The largest absolute Gasteiger partial charge is 0.497 e. The van der Waals surface area contributed by atoms with E-state index in [0.29, 0.717) is 6.42 Å². The first-order valence-electron chi connectivity index (χ1n) is 6.95. The molecular weight excluding hydrogens is 272 g/mol. The minimum atomic E-state index is -0.821. The molecule has 2 aromatic rings. The van der Waals surface area contributed by atoms with E-state index in [2.05, 4.69) is 5.32 Å². The van der Waals surface area contributed by atoms with Crippen LogP contribution >= 0.6 is 0 Å². The molecule has 0 heterocycles. The van der Waals surface area contributed by atoms with E-state index in [1.165, 1.54) is 12.1 Å². The molecule has 0 saturated carbocycles. The monoisotopic (exact) mass is 291 g/mol. The number of hydrogen-bond donors (Lipinski definition) is 1. The Balaban J connectivity index is 2.19. The summed E-state index contributed by atoms with van der Waals surface area (Å²) in [6.45, 7) is 2.74. The quantitative estimate of drug-likeness (QED) is 0.872. The molecule has 1 atom stereocenters. The van der Waals surface area contributed by atoms with Gasteiger partial charge in [-0.15, -0.1) is 0 Å². The second-order valence-electron chi connectivity index (χ2n) is 4.84. The molecule has 2 rings (SSSR count). The highest BCUT2D eigenvalue weighted by molar-refractivity contribution is 5.30. The maximum atomic E-state index is 13.4. The van der Waals surface area contributed by atoms with Gasteiger partial charge in [-0.2, -0.15) is 0 Å². The number of nitrogens with one attached hydrogen (secondary N) is 1. The number of ether oxygens (including phenoxy) is 1. The van der Waals surface area contributed by atoms with Crippen LogP contribution in [0.1, 0.15) is 24.1 Å². The lowest BCUT2D eigenvalue weighted by Gasteiger charge is -2.19. The zero-order chi connectivity index (χ0) is 15.2. The summed E-state index contributed by atoms with van der Waals surface area (Å²) in [5.74, 6) is -0.838. The average molecular weight is 291 g/mol. The second-order valence-corrected chi connectivity index (χ2v) is 4.84. The average Bonchev–Trinajstić information content (AvgIpc) is 2.50. The Morgan fingerprint density at radius 1 is 1.05 bits per heavy atom. The predicted molar refractivity (Wildman–Crippen MR) is 79.5 cm³/mol. The van der Waals surface area contributed by atoms with Gasteiger partial charge in [0.15, 0.2) is 11.6 Å². The van der Waals surface area contributed by atoms with Crippen LogP contribution in [-0.4, -0.2) is 13.7 Å². The zero-order valence-corrected chi connectivity index (χ0v) is 12.2. The Morgan fingerprint density at radius 3 is 2.33 bits per heavy atom. The van der Waals surface area contributed by atoms with Crippen molar-refractivity contribution in [3.8, 4) is 5.75 Å². The van der Waals surface area contributed by atoms with Gasteiger partial charge in [-0.25, -0.2) is 8.78 Å². The molecule has 0 saturated heterocycles. The summed E-state index contributed by atoms with van der Waals surface area (Å²) in [6, 6.07) is 11.7. The lowest BCUT2D eigenvalue weighted by atomic mass is 9.98. The molecule has 21 heavy (non-hydrogen) atoms. The summed E-state index contributed by atoms with van der Waals surface area (Å²) in [5, 5.41) is 3.30. The summed E-state index contributed by atoms with van der Waals surface area (Å²) >= 11 is 0. The van der Waals surface area contributed by atoms with Gasteiger partial charge in [-0.3, -0.25) is 0 Å². The van der Waals surface area contributed by atoms with Gasteiger partial charge in [0.2, 0.25) is 0 Å². The number of benzene rings is 2. The molecular formula is C17H19F2NO. The van der Waals surface area contributed by atoms with Gasteiger partial charge in [0, 0.05) is 6.04 Å². The molecule has 112 valence electrons. The van der Waals surface area contributed by atoms with E-state index in [4.69, 9.17) is 4.74 Å². The highest BCUT2D eigenvalue weighted by Crippen LogP contribution is 2.22. The van der Waals surface area contributed by atoms with Crippen LogP contribution in [-0.2, 0) is 6.42 Å². The van der Waals surface area contributed by atoms with Crippen LogP contribution in [0.15, 0.2) is 42.5 Å². The van der Waals surface area contributed by atoms with Gasteiger partial charge in [0.25, 0.3) is 0 Å². The minimum Gasteiger partial charge on any atom is -0.497 e. The van der Waals surface area contributed by atoms with Crippen molar-refractivity contribution < 1.29 is 13.5 Å². The fourth-order valence-electron chi connectivity index (χ4n) is 2.28. The summed E-state index contributed by atoms with van der Waals surface area (Å²) < 4.78 is 31.6. The van der Waals surface area contributed by atoms with Gasteiger partial charge < -0.3 is 10.1 Å². The van der Waals surface area contributed by atoms with Gasteiger partial charge in [0.1, 0.15) is 5.75 Å². The molecule has 0 radical (unpaired) electrons. The van der Waals surface area contributed by atoms with Crippen molar-refractivity contribution in [2.24, 2.45) is 0 Å². The highest BCUT2D eigenvalue weighted by atomic mass is 19.2. The molecule has 1 N–H and O–H groups in total. The lowest BCUT2D eigenvalue weighted by molar-refractivity contribution is 0.414. The first-order valence-corrected chi connectivity index (χ1v) is 6.95. The third-order valence-electron chi connectivity index (χ3n) is 3.40. The van der Waals surface area contributed by atoms with E-state index >= 15 is 0 Å². The number of hydrogen-bond acceptors (Lipinski definition) is 2. The van der Waals surface area contributed by atoms with E-state index in [9.17, 15) is 8.78 Å².